The number of hydrogen-bond acceptors (Lipinski definition) is 2. The lowest BCUT2D eigenvalue weighted by Crippen LogP contribution is -2.19. The lowest BCUT2D eigenvalue weighted by atomic mass is 10.1. The van der Waals surface area contributed by atoms with Crippen LogP contribution in [0.3, 0.4) is 0 Å². The molecule has 0 radical (unpaired) electrons. The quantitative estimate of drug-likeness (QED) is 0.699. The molecule has 2 heterocycles. The van der Waals surface area contributed by atoms with Gasteiger partial charge in [0, 0.05) is 18.2 Å². The summed E-state index contributed by atoms with van der Waals surface area (Å²) in [5.74, 6) is -0.327. The Hall–Kier alpha value is -1.68. The van der Waals surface area contributed by atoms with Crippen molar-refractivity contribution in [3.8, 4) is 0 Å². The Morgan fingerprint density at radius 2 is 2.07 bits per heavy atom. The second-order valence-electron chi connectivity index (χ2n) is 3.79. The molecule has 0 saturated carbocycles. The number of benzene rings is 1. The van der Waals surface area contributed by atoms with Crippen molar-refractivity contribution < 1.29 is 4.39 Å². The monoisotopic (exact) mass is 204 g/mol. The van der Waals surface area contributed by atoms with E-state index in [0.29, 0.717) is 17.6 Å². The molecule has 15 heavy (non-hydrogen) atoms. The predicted molar refractivity (Wildman–Crippen MR) is 55.1 cm³/mol. The molecular formula is C11H9FN2O. The lowest BCUT2D eigenvalue weighted by Gasteiger charge is -2.03. The van der Waals surface area contributed by atoms with Crippen LogP contribution in [0.2, 0.25) is 0 Å². The van der Waals surface area contributed by atoms with Gasteiger partial charge in [-0.05, 0) is 23.6 Å². The Balaban J connectivity index is 2.59. The highest BCUT2D eigenvalue weighted by molar-refractivity contribution is 5.84. The number of aromatic nitrogens is 1. The van der Waals surface area contributed by atoms with E-state index in [1.165, 1.54) is 12.1 Å². The van der Waals surface area contributed by atoms with Gasteiger partial charge in [0.05, 0.1) is 11.6 Å². The Kier molecular flexibility index (Phi) is 1.53. The normalized spacial score (nSPS) is 18.7. The molecule has 0 bridgehead atoms. The summed E-state index contributed by atoms with van der Waals surface area (Å²) in [6.45, 7) is 0.367. The summed E-state index contributed by atoms with van der Waals surface area (Å²) in [6.07, 6.45) is 0. The molecule has 0 aliphatic carbocycles. The zero-order chi connectivity index (χ0) is 10.6. The van der Waals surface area contributed by atoms with Crippen molar-refractivity contribution in [2.24, 2.45) is 5.73 Å². The summed E-state index contributed by atoms with van der Waals surface area (Å²) in [5.41, 5.74) is 6.80. The van der Waals surface area contributed by atoms with Crippen molar-refractivity contribution in [3.63, 3.8) is 0 Å². The van der Waals surface area contributed by atoms with Gasteiger partial charge in [0.15, 0.2) is 0 Å². The van der Waals surface area contributed by atoms with Crippen molar-refractivity contribution >= 4 is 10.9 Å². The van der Waals surface area contributed by atoms with Gasteiger partial charge in [0.1, 0.15) is 5.82 Å². The Morgan fingerprint density at radius 1 is 1.33 bits per heavy atom. The Morgan fingerprint density at radius 3 is 2.87 bits per heavy atom. The highest BCUT2D eigenvalue weighted by atomic mass is 19.1. The minimum absolute atomic E-state index is 0.123. The number of hydrogen-bond donors (Lipinski definition) is 1. The maximum absolute atomic E-state index is 13.5. The second kappa shape index (κ2) is 2.67. The average Bonchev–Trinajstić information content (AvgIpc) is 2.56. The van der Waals surface area contributed by atoms with Gasteiger partial charge in [0.25, 0.3) is 5.56 Å². The van der Waals surface area contributed by atoms with Crippen LogP contribution in [0, 0.1) is 5.82 Å². The van der Waals surface area contributed by atoms with Crippen LogP contribution in [0.15, 0.2) is 29.1 Å². The van der Waals surface area contributed by atoms with Crippen LogP contribution in [0.4, 0.5) is 4.39 Å². The van der Waals surface area contributed by atoms with Crippen LogP contribution >= 0.6 is 0 Å². The van der Waals surface area contributed by atoms with Crippen molar-refractivity contribution in [1.29, 1.82) is 0 Å². The van der Waals surface area contributed by atoms with E-state index < -0.39 is 6.04 Å². The summed E-state index contributed by atoms with van der Waals surface area (Å²) in [5, 5.41) is 0.860. The van der Waals surface area contributed by atoms with Crippen LogP contribution in [0.1, 0.15) is 11.6 Å². The van der Waals surface area contributed by atoms with Crippen LogP contribution in [0.25, 0.3) is 10.9 Å². The fourth-order valence-corrected chi connectivity index (χ4v) is 2.22. The molecular weight excluding hydrogens is 195 g/mol. The number of pyridine rings is 1. The van der Waals surface area contributed by atoms with E-state index in [-0.39, 0.29) is 11.4 Å². The van der Waals surface area contributed by atoms with Crippen molar-refractivity contribution in [1.82, 2.24) is 4.57 Å². The molecule has 1 atom stereocenters. The number of nitrogens with two attached hydrogens (primary N) is 1. The van der Waals surface area contributed by atoms with Gasteiger partial charge in [-0.25, -0.2) is 4.39 Å². The molecule has 76 valence electrons. The molecule has 2 N–H and O–H groups in total. The van der Waals surface area contributed by atoms with Crippen molar-refractivity contribution in [2.75, 3.05) is 0 Å². The average molecular weight is 204 g/mol. The molecule has 1 aliphatic rings. The third-order valence-corrected chi connectivity index (χ3v) is 2.89. The Bertz CT molecular complexity index is 618. The summed E-state index contributed by atoms with van der Waals surface area (Å²) in [4.78, 5) is 11.5. The zero-order valence-corrected chi connectivity index (χ0v) is 7.90. The SMILES string of the molecule is N[C@H]1Cn2c(=O)ccc3ccc(F)c1c32. The molecule has 1 aliphatic heterocycles. The molecule has 2 aromatic rings. The molecule has 3 nitrogen and oxygen atoms in total. The highest BCUT2D eigenvalue weighted by Gasteiger charge is 2.25. The van der Waals surface area contributed by atoms with Crippen LogP contribution in [0.5, 0.6) is 0 Å². The van der Waals surface area contributed by atoms with Gasteiger partial charge in [-0.15, -0.1) is 0 Å². The minimum Gasteiger partial charge on any atom is -0.322 e. The molecule has 3 rings (SSSR count). The van der Waals surface area contributed by atoms with Gasteiger partial charge in [-0.1, -0.05) is 0 Å². The van der Waals surface area contributed by atoms with E-state index in [1.54, 1.807) is 16.7 Å². The standard InChI is InChI=1S/C11H9FN2O/c12-7-3-1-6-2-4-9(15)14-5-8(13)10(7)11(6)14/h1-4,8H,5,13H2/t8-/m0/s1. The van der Waals surface area contributed by atoms with Crippen molar-refractivity contribution in [2.45, 2.75) is 12.6 Å². The lowest BCUT2D eigenvalue weighted by molar-refractivity contribution is 0.569. The number of halogens is 1. The first-order valence-electron chi connectivity index (χ1n) is 4.76. The first-order valence-corrected chi connectivity index (χ1v) is 4.76. The van der Waals surface area contributed by atoms with Gasteiger partial charge in [-0.2, -0.15) is 0 Å². The van der Waals surface area contributed by atoms with E-state index in [2.05, 4.69) is 0 Å². The zero-order valence-electron chi connectivity index (χ0n) is 7.90. The van der Waals surface area contributed by atoms with E-state index in [0.717, 1.165) is 5.39 Å². The molecule has 0 saturated heterocycles. The fraction of sp³-hybridized carbons (Fsp3) is 0.182. The molecule has 1 aromatic carbocycles. The van der Waals surface area contributed by atoms with Crippen molar-refractivity contribution in [3.05, 3.63) is 46.0 Å². The smallest absolute Gasteiger partial charge is 0.251 e. The summed E-state index contributed by atoms with van der Waals surface area (Å²) in [7, 11) is 0. The largest absolute Gasteiger partial charge is 0.322 e. The molecule has 0 fully saturated rings. The summed E-state index contributed by atoms with van der Waals surface area (Å²) >= 11 is 0. The predicted octanol–water partition coefficient (Wildman–Crippen LogP) is 1.15. The maximum Gasteiger partial charge on any atom is 0.251 e. The maximum atomic E-state index is 13.5. The molecule has 0 amide bonds. The topological polar surface area (TPSA) is 48.0 Å². The first-order chi connectivity index (χ1) is 7.18. The van der Waals surface area contributed by atoms with Gasteiger partial charge in [-0.3, -0.25) is 4.79 Å². The molecule has 0 spiro atoms. The van der Waals surface area contributed by atoms with Gasteiger partial charge in [0.2, 0.25) is 0 Å². The van der Waals surface area contributed by atoms with Crippen LogP contribution in [-0.4, -0.2) is 4.57 Å². The van der Waals surface area contributed by atoms with E-state index in [4.69, 9.17) is 5.73 Å². The van der Waals surface area contributed by atoms with E-state index in [1.807, 2.05) is 0 Å². The second-order valence-corrected chi connectivity index (χ2v) is 3.79. The molecule has 4 heteroatoms. The first kappa shape index (κ1) is 8.61. The Labute approximate surface area is 84.9 Å². The summed E-state index contributed by atoms with van der Waals surface area (Å²) < 4.78 is 15.1. The third-order valence-electron chi connectivity index (χ3n) is 2.89. The van der Waals surface area contributed by atoms with E-state index in [9.17, 15) is 9.18 Å². The third kappa shape index (κ3) is 0.995. The molecule has 1 aromatic heterocycles. The van der Waals surface area contributed by atoms with Crippen LogP contribution < -0.4 is 11.3 Å². The number of rotatable bonds is 0. The van der Waals surface area contributed by atoms with E-state index >= 15 is 0 Å². The number of nitrogens with zero attached hydrogens (tertiary/aromatic N) is 1. The van der Waals surface area contributed by atoms with Gasteiger partial charge < -0.3 is 10.3 Å². The molecule has 0 unspecified atom stereocenters. The fourth-order valence-electron chi connectivity index (χ4n) is 2.22. The summed E-state index contributed by atoms with van der Waals surface area (Å²) in [6, 6.07) is 5.85. The highest BCUT2D eigenvalue weighted by Crippen LogP contribution is 2.31. The minimum atomic E-state index is -0.413. The van der Waals surface area contributed by atoms with Crippen LogP contribution in [-0.2, 0) is 6.54 Å². The van der Waals surface area contributed by atoms with Gasteiger partial charge >= 0.3 is 0 Å².